The van der Waals surface area contributed by atoms with Gasteiger partial charge in [-0.3, -0.25) is 0 Å². The van der Waals surface area contributed by atoms with Crippen LogP contribution in [0.5, 0.6) is 11.5 Å². The quantitative estimate of drug-likeness (QED) is 0.150. The average molecular weight is 857 g/mol. The van der Waals surface area contributed by atoms with E-state index in [0.29, 0.717) is 6.54 Å². The fourth-order valence-electron chi connectivity index (χ4n) is 7.90. The van der Waals surface area contributed by atoms with Crippen molar-refractivity contribution in [2.45, 2.75) is 27.3 Å². The van der Waals surface area contributed by atoms with E-state index in [1.54, 1.807) is 0 Å². The number of hydrogen-bond donors (Lipinski definition) is 2. The monoisotopic (exact) mass is 856 g/mol. The molecule has 0 bridgehead atoms. The van der Waals surface area contributed by atoms with Crippen molar-refractivity contribution in [1.82, 2.24) is 0 Å². The largest absolute Gasteiger partial charge is 0.456 e. The van der Waals surface area contributed by atoms with Crippen molar-refractivity contribution in [2.24, 2.45) is 5.73 Å². The minimum Gasteiger partial charge on any atom is -0.456 e. The molecule has 0 amide bonds. The van der Waals surface area contributed by atoms with Gasteiger partial charge in [-0.25, -0.2) is 0 Å². The van der Waals surface area contributed by atoms with Crippen molar-refractivity contribution >= 4 is 17.5 Å². The maximum atomic E-state index is 6.54. The van der Waals surface area contributed by atoms with Crippen molar-refractivity contribution in [1.29, 1.82) is 5.41 Å². The lowest BCUT2D eigenvalue weighted by atomic mass is 9.95. The van der Waals surface area contributed by atoms with Crippen LogP contribution in [0.25, 0.3) is 66.4 Å². The Balaban J connectivity index is 0.000000181. The molecule has 324 valence electrons. The van der Waals surface area contributed by atoms with Gasteiger partial charge in [0.05, 0.1) is 0 Å². The lowest BCUT2D eigenvalue weighted by Crippen LogP contribution is -1.95. The van der Waals surface area contributed by atoms with Crippen LogP contribution in [0.1, 0.15) is 22.3 Å². The van der Waals surface area contributed by atoms with Gasteiger partial charge in [0.2, 0.25) is 0 Å². The predicted molar refractivity (Wildman–Crippen MR) is 282 cm³/mol. The van der Waals surface area contributed by atoms with E-state index in [2.05, 4.69) is 228 Å². The molecular formula is C63H56N2O. The zero-order valence-corrected chi connectivity index (χ0v) is 38.0. The number of fused-ring (bicyclic) bond motifs is 1. The fraction of sp³-hybridized carbons (Fsp3) is 0.0635. The Labute approximate surface area is 391 Å². The molecule has 10 aromatic carbocycles. The summed E-state index contributed by atoms with van der Waals surface area (Å²) in [5, 5.41) is 7.88. The predicted octanol–water partition coefficient (Wildman–Crippen LogP) is 17.0. The van der Waals surface area contributed by atoms with E-state index in [0.717, 1.165) is 28.2 Å². The number of nitrogens with two attached hydrogens (primary N) is 1. The highest BCUT2D eigenvalue weighted by Crippen LogP contribution is 2.39. The zero-order valence-electron chi connectivity index (χ0n) is 38.0. The van der Waals surface area contributed by atoms with Crippen molar-refractivity contribution in [2.75, 3.05) is 0 Å². The Morgan fingerprint density at radius 2 is 0.788 bits per heavy atom. The van der Waals surface area contributed by atoms with Crippen LogP contribution in [0.2, 0.25) is 0 Å². The maximum Gasteiger partial charge on any atom is 0.138 e. The Bertz CT molecular complexity index is 3120. The highest BCUT2D eigenvalue weighted by Gasteiger charge is 2.13. The molecule has 10 rings (SSSR count). The van der Waals surface area contributed by atoms with Gasteiger partial charge in [0, 0.05) is 12.1 Å². The van der Waals surface area contributed by atoms with Gasteiger partial charge >= 0.3 is 0 Å². The second-order valence-corrected chi connectivity index (χ2v) is 16.1. The Hall–Kier alpha value is -8.11. The lowest BCUT2D eigenvalue weighted by molar-refractivity contribution is 0.481. The number of ether oxygens (including phenoxy) is 1. The lowest BCUT2D eigenvalue weighted by Gasteiger charge is -2.15. The Kier molecular flexibility index (Phi) is 16.0. The summed E-state index contributed by atoms with van der Waals surface area (Å²) in [4.78, 5) is 0. The molecule has 3 heteroatoms. The maximum absolute atomic E-state index is 6.54. The first-order valence-corrected chi connectivity index (χ1v) is 22.3. The summed E-state index contributed by atoms with van der Waals surface area (Å²) in [6.45, 7) is 9.46. The van der Waals surface area contributed by atoms with Crippen LogP contribution in [0.3, 0.4) is 0 Å². The number of benzene rings is 10. The zero-order chi connectivity index (χ0) is 46.1. The summed E-state index contributed by atoms with van der Waals surface area (Å²) >= 11 is 0. The smallest absolute Gasteiger partial charge is 0.138 e. The topological polar surface area (TPSA) is 59.1 Å². The van der Waals surface area contributed by atoms with Crippen molar-refractivity contribution in [3.63, 3.8) is 0 Å². The van der Waals surface area contributed by atoms with Crippen LogP contribution in [0.4, 0.5) is 0 Å². The summed E-state index contributed by atoms with van der Waals surface area (Å²) in [5.41, 5.74) is 22.6. The number of aryl methyl sites for hydroxylation is 3. The standard InChI is InChI=1S/C36H28O.C13H13N.C13H12.CH3N/c1-25-9-5-13-28(21-25)29-14-7-15-30(22-29)31-16-8-17-33(23-31)35-18-6-10-26(2)36(35)37-34-20-19-27-11-3-4-12-32(27)24-34;14-10-11-5-4-8-13(9-11)12-6-2-1-3-7-12;1-11-6-5-9-13(10-11)12-7-3-2-4-8-12;1-2/h3-24H,1-2H3;1-9H,10,14H2;2-10H,1H3;2H,1H2. The van der Waals surface area contributed by atoms with E-state index in [4.69, 9.17) is 15.9 Å². The molecule has 3 nitrogen and oxygen atoms in total. The van der Waals surface area contributed by atoms with Crippen LogP contribution < -0.4 is 10.5 Å². The molecule has 0 aliphatic carbocycles. The number of hydrogen-bond acceptors (Lipinski definition) is 3. The van der Waals surface area contributed by atoms with Gasteiger partial charge in [-0.2, -0.15) is 0 Å². The van der Waals surface area contributed by atoms with Gasteiger partial charge in [-0.05, 0) is 130 Å². The first-order chi connectivity index (χ1) is 32.4. The first kappa shape index (κ1) is 45.9. The molecule has 0 saturated heterocycles. The summed E-state index contributed by atoms with van der Waals surface area (Å²) in [7, 11) is 0. The SMILES string of the molecule is C=N.Cc1cccc(-c2cccc(-c3cccc(-c4cccc(C)c4Oc4ccc5ccccc5c4)c3)c2)c1.Cc1cccc(-c2ccccc2)c1.NCc1cccc(-c2ccccc2)c1. The minimum absolute atomic E-state index is 0.598. The third-order valence-electron chi connectivity index (χ3n) is 11.3. The molecule has 0 radical (unpaired) electrons. The van der Waals surface area contributed by atoms with Crippen molar-refractivity contribution < 1.29 is 4.74 Å². The normalized spacial score (nSPS) is 10.3. The van der Waals surface area contributed by atoms with Crippen molar-refractivity contribution in [3.8, 4) is 67.1 Å². The Morgan fingerprint density at radius 3 is 1.35 bits per heavy atom. The highest BCUT2D eigenvalue weighted by molar-refractivity contribution is 5.84. The van der Waals surface area contributed by atoms with Crippen LogP contribution in [0, 0.1) is 26.2 Å². The molecule has 0 atom stereocenters. The summed E-state index contributed by atoms with van der Waals surface area (Å²) < 4.78 is 6.54. The first-order valence-electron chi connectivity index (χ1n) is 22.3. The second kappa shape index (κ2) is 23.0. The number of nitrogens with one attached hydrogen (secondary N) is 1. The van der Waals surface area contributed by atoms with Crippen LogP contribution >= 0.6 is 0 Å². The van der Waals surface area contributed by atoms with Gasteiger partial charge in [0.25, 0.3) is 0 Å². The molecule has 0 spiro atoms. The average Bonchev–Trinajstić information content (AvgIpc) is 3.38. The Morgan fingerprint density at radius 1 is 0.364 bits per heavy atom. The fourth-order valence-corrected chi connectivity index (χ4v) is 7.90. The molecular weight excluding hydrogens is 801 g/mol. The molecule has 0 fully saturated rings. The van der Waals surface area contributed by atoms with Gasteiger partial charge in [0.15, 0.2) is 0 Å². The third kappa shape index (κ3) is 12.1. The van der Waals surface area contributed by atoms with E-state index < -0.39 is 0 Å². The van der Waals surface area contributed by atoms with Gasteiger partial charge in [0.1, 0.15) is 11.5 Å². The van der Waals surface area contributed by atoms with Gasteiger partial charge < -0.3 is 15.9 Å². The van der Waals surface area contributed by atoms with E-state index in [9.17, 15) is 0 Å². The molecule has 0 aliphatic rings. The van der Waals surface area contributed by atoms with Gasteiger partial charge in [-0.1, -0.05) is 223 Å². The molecule has 66 heavy (non-hydrogen) atoms. The molecule has 0 aromatic heterocycles. The molecule has 0 aliphatic heterocycles. The van der Waals surface area contributed by atoms with E-state index in [1.165, 1.54) is 72.0 Å². The second-order valence-electron chi connectivity index (χ2n) is 16.1. The molecule has 3 N–H and O–H groups in total. The van der Waals surface area contributed by atoms with Crippen molar-refractivity contribution in [3.05, 3.63) is 265 Å². The van der Waals surface area contributed by atoms with Crippen LogP contribution in [-0.2, 0) is 6.54 Å². The highest BCUT2D eigenvalue weighted by atomic mass is 16.5. The summed E-state index contributed by atoms with van der Waals surface area (Å²) in [5.74, 6) is 1.74. The van der Waals surface area contributed by atoms with Gasteiger partial charge in [-0.15, -0.1) is 0 Å². The summed E-state index contributed by atoms with van der Waals surface area (Å²) in [6.07, 6.45) is 0. The molecule has 0 saturated carbocycles. The van der Waals surface area contributed by atoms with Crippen LogP contribution in [-0.4, -0.2) is 6.72 Å². The number of para-hydroxylation sites is 1. The van der Waals surface area contributed by atoms with E-state index >= 15 is 0 Å². The van der Waals surface area contributed by atoms with E-state index in [1.807, 2.05) is 42.5 Å². The number of rotatable bonds is 8. The minimum atomic E-state index is 0.598. The molecule has 0 unspecified atom stereocenters. The van der Waals surface area contributed by atoms with E-state index in [-0.39, 0.29) is 0 Å². The summed E-state index contributed by atoms with van der Waals surface area (Å²) in [6, 6.07) is 84.8. The molecule has 10 aromatic rings. The third-order valence-corrected chi connectivity index (χ3v) is 11.3. The van der Waals surface area contributed by atoms with Crippen LogP contribution in [0.15, 0.2) is 243 Å². The molecule has 0 heterocycles.